The van der Waals surface area contributed by atoms with Gasteiger partial charge in [-0.1, -0.05) is 50.2 Å². The number of hydrogen-bond acceptors (Lipinski definition) is 6. The second-order valence-electron chi connectivity index (χ2n) is 11.1. The number of ether oxygens (including phenoxy) is 1. The third-order valence-corrected chi connectivity index (χ3v) is 6.34. The van der Waals surface area contributed by atoms with E-state index in [0.29, 0.717) is 16.8 Å². The Labute approximate surface area is 235 Å². The zero-order valence-corrected chi connectivity index (χ0v) is 23.9. The molecule has 0 bridgehead atoms. The zero-order valence-electron chi connectivity index (χ0n) is 23.9. The maximum Gasteiger partial charge on any atom is 0.408 e. The number of aliphatic hydroxyl groups excluding tert-OH is 1. The molecule has 3 rings (SSSR count). The summed E-state index contributed by atoms with van der Waals surface area (Å²) in [6.07, 6.45) is -0.763. The number of anilines is 1. The standard InChI is InChI=1S/C31H39N3O6/c1-19(2)26(33-30(39)40-31(4,5)6)29(38)34(15-16-35)27(23-12-14-25(36)20(3)17-23)28(37)32-24-13-11-21-9-7-8-10-22(21)18-24/h7-14,17-19,26-27,35-36H,15-16H2,1-6H3,(H,32,37)(H,33,39). The minimum Gasteiger partial charge on any atom is -0.508 e. The molecule has 0 heterocycles. The fraction of sp³-hybridized carbons (Fsp3) is 0.387. The minimum absolute atomic E-state index is 0.0455. The number of amides is 3. The van der Waals surface area contributed by atoms with E-state index in [1.807, 2.05) is 36.4 Å². The van der Waals surface area contributed by atoms with Crippen LogP contribution < -0.4 is 10.6 Å². The number of phenolic OH excluding ortho intramolecular Hbond substituents is 1. The van der Waals surface area contributed by atoms with Crippen molar-refractivity contribution in [3.05, 3.63) is 71.8 Å². The zero-order chi connectivity index (χ0) is 29.6. The Hall–Kier alpha value is -4.11. The summed E-state index contributed by atoms with van der Waals surface area (Å²) in [5.41, 5.74) is 0.721. The van der Waals surface area contributed by atoms with Crippen molar-refractivity contribution >= 4 is 34.4 Å². The van der Waals surface area contributed by atoms with Gasteiger partial charge in [-0.3, -0.25) is 9.59 Å². The van der Waals surface area contributed by atoms with Crippen molar-refractivity contribution in [2.24, 2.45) is 5.92 Å². The van der Waals surface area contributed by atoms with Crippen LogP contribution in [0.5, 0.6) is 5.75 Å². The van der Waals surface area contributed by atoms with Gasteiger partial charge in [0.15, 0.2) is 0 Å². The van der Waals surface area contributed by atoms with Gasteiger partial charge in [0, 0.05) is 12.2 Å². The molecule has 9 heteroatoms. The Kier molecular flexibility index (Phi) is 9.76. The van der Waals surface area contributed by atoms with Crippen molar-refractivity contribution in [3.63, 3.8) is 0 Å². The molecule has 0 aromatic heterocycles. The van der Waals surface area contributed by atoms with Crippen LogP contribution in [0.15, 0.2) is 60.7 Å². The van der Waals surface area contributed by atoms with Crippen LogP contribution in [0, 0.1) is 12.8 Å². The number of hydrogen-bond donors (Lipinski definition) is 4. The van der Waals surface area contributed by atoms with Crippen molar-refractivity contribution in [3.8, 4) is 5.75 Å². The first-order valence-corrected chi connectivity index (χ1v) is 13.3. The van der Waals surface area contributed by atoms with E-state index >= 15 is 0 Å². The molecule has 0 spiro atoms. The molecule has 2 atom stereocenters. The first-order valence-electron chi connectivity index (χ1n) is 13.3. The lowest BCUT2D eigenvalue weighted by Crippen LogP contribution is -2.55. The lowest BCUT2D eigenvalue weighted by Gasteiger charge is -2.35. The molecule has 40 heavy (non-hydrogen) atoms. The molecule has 0 saturated carbocycles. The molecule has 0 saturated heterocycles. The Morgan fingerprint density at radius 3 is 2.25 bits per heavy atom. The van der Waals surface area contributed by atoms with Crippen molar-refractivity contribution in [1.29, 1.82) is 0 Å². The number of carbonyl (C=O) groups is 3. The Morgan fingerprint density at radius 1 is 0.975 bits per heavy atom. The van der Waals surface area contributed by atoms with Gasteiger partial charge in [-0.05, 0) is 79.8 Å². The summed E-state index contributed by atoms with van der Waals surface area (Å²) in [4.78, 5) is 41.8. The van der Waals surface area contributed by atoms with E-state index in [9.17, 15) is 24.6 Å². The number of aromatic hydroxyl groups is 1. The van der Waals surface area contributed by atoms with Crippen molar-refractivity contribution in [1.82, 2.24) is 10.2 Å². The van der Waals surface area contributed by atoms with E-state index in [4.69, 9.17) is 4.74 Å². The number of phenols is 1. The molecule has 214 valence electrons. The van der Waals surface area contributed by atoms with Crippen LogP contribution in [0.4, 0.5) is 10.5 Å². The smallest absolute Gasteiger partial charge is 0.408 e. The summed E-state index contributed by atoms with van der Waals surface area (Å²) in [5.74, 6) is -1.38. The van der Waals surface area contributed by atoms with Gasteiger partial charge in [-0.25, -0.2) is 4.79 Å². The molecular formula is C31H39N3O6. The number of aryl methyl sites for hydroxylation is 1. The summed E-state index contributed by atoms with van der Waals surface area (Å²) in [6.45, 7) is 9.80. The Bertz CT molecular complexity index is 1360. The van der Waals surface area contributed by atoms with Gasteiger partial charge in [0.1, 0.15) is 23.4 Å². The number of carbonyl (C=O) groups excluding carboxylic acids is 3. The van der Waals surface area contributed by atoms with Crippen molar-refractivity contribution < 1.29 is 29.3 Å². The molecule has 0 aliphatic heterocycles. The molecule has 2 unspecified atom stereocenters. The number of nitrogens with one attached hydrogen (secondary N) is 2. The number of fused-ring (bicyclic) bond motifs is 1. The van der Waals surface area contributed by atoms with Crippen LogP contribution in [-0.2, 0) is 14.3 Å². The summed E-state index contributed by atoms with van der Waals surface area (Å²) in [7, 11) is 0. The summed E-state index contributed by atoms with van der Waals surface area (Å²) in [6, 6.07) is 15.7. The average molecular weight is 550 g/mol. The monoisotopic (exact) mass is 549 g/mol. The molecule has 3 aromatic carbocycles. The molecule has 0 radical (unpaired) electrons. The molecule has 3 aromatic rings. The van der Waals surface area contributed by atoms with E-state index in [1.165, 1.54) is 11.0 Å². The number of alkyl carbamates (subject to hydrolysis) is 1. The van der Waals surface area contributed by atoms with Crippen LogP contribution in [0.1, 0.15) is 51.8 Å². The third kappa shape index (κ3) is 7.72. The van der Waals surface area contributed by atoms with E-state index < -0.39 is 42.2 Å². The van der Waals surface area contributed by atoms with Gasteiger partial charge < -0.3 is 30.5 Å². The molecular weight excluding hydrogens is 510 g/mol. The molecule has 4 N–H and O–H groups in total. The van der Waals surface area contributed by atoms with Crippen LogP contribution >= 0.6 is 0 Å². The average Bonchev–Trinajstić information content (AvgIpc) is 2.87. The van der Waals surface area contributed by atoms with Gasteiger partial charge >= 0.3 is 6.09 Å². The van der Waals surface area contributed by atoms with Gasteiger partial charge in [0.05, 0.1) is 6.61 Å². The fourth-order valence-electron chi connectivity index (χ4n) is 4.40. The fourth-order valence-corrected chi connectivity index (χ4v) is 4.40. The highest BCUT2D eigenvalue weighted by Gasteiger charge is 2.37. The second-order valence-corrected chi connectivity index (χ2v) is 11.1. The summed E-state index contributed by atoms with van der Waals surface area (Å²) >= 11 is 0. The highest BCUT2D eigenvalue weighted by atomic mass is 16.6. The summed E-state index contributed by atoms with van der Waals surface area (Å²) in [5, 5.41) is 27.6. The van der Waals surface area contributed by atoms with Crippen LogP contribution in [-0.4, -0.2) is 57.8 Å². The SMILES string of the molecule is Cc1cc(C(C(=O)Nc2ccc3ccccc3c2)N(CCO)C(=O)C(NC(=O)OC(C)(C)C)C(C)C)ccc1O. The molecule has 3 amide bonds. The predicted molar refractivity (Wildman–Crippen MR) is 155 cm³/mol. The highest BCUT2D eigenvalue weighted by molar-refractivity contribution is 6.00. The van der Waals surface area contributed by atoms with Crippen LogP contribution in [0.2, 0.25) is 0 Å². The van der Waals surface area contributed by atoms with E-state index in [0.717, 1.165) is 10.8 Å². The van der Waals surface area contributed by atoms with E-state index in [1.54, 1.807) is 59.7 Å². The largest absolute Gasteiger partial charge is 0.508 e. The molecule has 0 fully saturated rings. The normalized spacial score (nSPS) is 13.0. The Balaban J connectivity index is 2.02. The maximum absolute atomic E-state index is 14.0. The number of rotatable bonds is 9. The van der Waals surface area contributed by atoms with Crippen molar-refractivity contribution in [2.45, 2.75) is 59.2 Å². The molecule has 0 aliphatic carbocycles. The third-order valence-electron chi connectivity index (χ3n) is 6.34. The Morgan fingerprint density at radius 2 is 1.65 bits per heavy atom. The van der Waals surface area contributed by atoms with Crippen molar-refractivity contribution in [2.75, 3.05) is 18.5 Å². The van der Waals surface area contributed by atoms with Gasteiger partial charge in [0.2, 0.25) is 5.91 Å². The van der Waals surface area contributed by atoms with Crippen LogP contribution in [0.3, 0.4) is 0 Å². The minimum atomic E-state index is -1.17. The first-order chi connectivity index (χ1) is 18.8. The maximum atomic E-state index is 14.0. The molecule has 0 aliphatic rings. The van der Waals surface area contributed by atoms with E-state index in [-0.39, 0.29) is 18.2 Å². The van der Waals surface area contributed by atoms with E-state index in [2.05, 4.69) is 10.6 Å². The van der Waals surface area contributed by atoms with Crippen LogP contribution in [0.25, 0.3) is 10.8 Å². The quantitative estimate of drug-likeness (QED) is 0.301. The van der Waals surface area contributed by atoms with Gasteiger partial charge in [0.25, 0.3) is 5.91 Å². The van der Waals surface area contributed by atoms with Gasteiger partial charge in [-0.2, -0.15) is 0 Å². The lowest BCUT2D eigenvalue weighted by molar-refractivity contribution is -0.142. The first kappa shape index (κ1) is 30.4. The number of benzene rings is 3. The number of aliphatic hydroxyl groups is 1. The number of nitrogens with zero attached hydrogens (tertiary/aromatic N) is 1. The van der Waals surface area contributed by atoms with Gasteiger partial charge in [-0.15, -0.1) is 0 Å². The molecule has 9 nitrogen and oxygen atoms in total. The second kappa shape index (κ2) is 12.8. The summed E-state index contributed by atoms with van der Waals surface area (Å²) < 4.78 is 5.37. The topological polar surface area (TPSA) is 128 Å². The lowest BCUT2D eigenvalue weighted by atomic mass is 9.97. The highest BCUT2D eigenvalue weighted by Crippen LogP contribution is 2.29. The predicted octanol–water partition coefficient (Wildman–Crippen LogP) is 4.90.